The van der Waals surface area contributed by atoms with Gasteiger partial charge in [-0.2, -0.15) is 0 Å². The van der Waals surface area contributed by atoms with Gasteiger partial charge in [-0.3, -0.25) is 9.53 Å². The van der Waals surface area contributed by atoms with E-state index in [4.69, 9.17) is 11.6 Å². The molecule has 1 N–H and O–H groups in total. The van der Waals surface area contributed by atoms with Crippen LogP contribution in [-0.2, 0) is 21.3 Å². The van der Waals surface area contributed by atoms with Gasteiger partial charge >= 0.3 is 6.36 Å². The Balaban J connectivity index is 2.08. The molecule has 2 aromatic rings. The topological polar surface area (TPSA) is 90.3 Å². The summed E-state index contributed by atoms with van der Waals surface area (Å²) in [5.41, 5.74) is -0.437. The fraction of sp³-hybridized carbons (Fsp3) is 0.231. The molecule has 2 rings (SSSR count). The Morgan fingerprint density at radius 3 is 2.52 bits per heavy atom. The predicted molar refractivity (Wildman–Crippen MR) is 80.3 cm³/mol. The predicted octanol–water partition coefficient (Wildman–Crippen LogP) is 2.19. The molecule has 0 aliphatic heterocycles. The third-order valence-corrected chi connectivity index (χ3v) is 4.61. The highest BCUT2D eigenvalue weighted by Crippen LogP contribution is 2.18. The van der Waals surface area contributed by atoms with Gasteiger partial charge in [-0.05, 0) is 12.1 Å². The molecular formula is C13H11ClF3N3O4S. The third kappa shape index (κ3) is 5.18. The van der Waals surface area contributed by atoms with E-state index < -0.39 is 34.6 Å². The second kappa shape index (κ2) is 7.42. The van der Waals surface area contributed by atoms with E-state index in [1.54, 1.807) is 10.8 Å². The summed E-state index contributed by atoms with van der Waals surface area (Å²) in [6.07, 6.45) is -3.79. The molecule has 0 saturated carbocycles. The van der Waals surface area contributed by atoms with Crippen molar-refractivity contribution in [1.82, 2.24) is 14.3 Å². The first-order valence-electron chi connectivity index (χ1n) is 6.63. The minimum atomic E-state index is -4.79. The van der Waals surface area contributed by atoms with Crippen LogP contribution in [0, 0.1) is 0 Å². The zero-order valence-corrected chi connectivity index (χ0v) is 13.9. The molecule has 1 aromatic carbocycles. The van der Waals surface area contributed by atoms with Crippen molar-refractivity contribution in [2.24, 2.45) is 0 Å². The summed E-state index contributed by atoms with van der Waals surface area (Å²) in [6, 6.07) is 7.11. The number of hydrogen-bond acceptors (Lipinski definition) is 5. The largest absolute Gasteiger partial charge is 0.522 e. The van der Waals surface area contributed by atoms with Crippen molar-refractivity contribution < 1.29 is 31.1 Å². The minimum absolute atomic E-state index is 0.141. The number of hydrogen-bond donors (Lipinski definition) is 1. The number of carbonyl (C=O) groups excluding carboxylic acids is 1. The molecule has 1 amide bonds. The van der Waals surface area contributed by atoms with Crippen LogP contribution in [0.1, 0.15) is 10.5 Å². The van der Waals surface area contributed by atoms with Crippen molar-refractivity contribution in [3.63, 3.8) is 0 Å². The van der Waals surface area contributed by atoms with E-state index in [9.17, 15) is 26.4 Å². The van der Waals surface area contributed by atoms with Gasteiger partial charge in [-0.25, -0.2) is 18.1 Å². The van der Waals surface area contributed by atoms with Gasteiger partial charge in [0.15, 0.2) is 5.69 Å². The fourth-order valence-electron chi connectivity index (χ4n) is 1.76. The van der Waals surface area contributed by atoms with Crippen LogP contribution < -0.4 is 4.72 Å². The van der Waals surface area contributed by atoms with Gasteiger partial charge in [0.05, 0.1) is 17.8 Å². The van der Waals surface area contributed by atoms with Gasteiger partial charge < -0.3 is 4.57 Å². The highest BCUT2D eigenvalue weighted by Gasteiger charge is 2.29. The van der Waals surface area contributed by atoms with Crippen LogP contribution in [0.2, 0.25) is 5.15 Å². The summed E-state index contributed by atoms with van der Waals surface area (Å²) in [5, 5.41) is -0.313. The smallest absolute Gasteiger partial charge is 0.319 e. The Kier molecular flexibility index (Phi) is 5.70. The van der Waals surface area contributed by atoms with E-state index in [1.807, 2.05) is 0 Å². The first-order valence-corrected chi connectivity index (χ1v) is 8.50. The average molecular weight is 398 g/mol. The number of alkyl halides is 3. The van der Waals surface area contributed by atoms with E-state index in [0.29, 0.717) is 0 Å². The Morgan fingerprint density at radius 2 is 1.92 bits per heavy atom. The number of halogens is 4. The zero-order chi connectivity index (χ0) is 18.7. The first-order chi connectivity index (χ1) is 11.6. The highest BCUT2D eigenvalue weighted by molar-refractivity contribution is 7.90. The number of ether oxygens (including phenoxy) is 1. The molecule has 0 saturated heterocycles. The molecule has 0 atom stereocenters. The molecule has 136 valence electrons. The number of aromatic nitrogens is 2. The van der Waals surface area contributed by atoms with Crippen LogP contribution in [-0.4, -0.2) is 36.8 Å². The number of carbonyl (C=O) groups is 1. The van der Waals surface area contributed by atoms with E-state index >= 15 is 0 Å². The van der Waals surface area contributed by atoms with Gasteiger partial charge in [0.1, 0.15) is 5.15 Å². The second-order valence-electron chi connectivity index (χ2n) is 4.62. The number of sulfonamides is 1. The number of amides is 1. The standard InChI is InChI=1S/C13H11ClF3N3O4S/c14-11-10(18-8-20(11)6-7-24-13(15,16)17)12(21)19-25(22,23)9-4-2-1-3-5-9/h1-5,8H,6-7H2,(H,19,21). The number of nitrogens with zero attached hydrogens (tertiary/aromatic N) is 2. The van der Waals surface area contributed by atoms with E-state index in [0.717, 1.165) is 10.9 Å². The Morgan fingerprint density at radius 1 is 1.28 bits per heavy atom. The van der Waals surface area contributed by atoms with Crippen molar-refractivity contribution >= 4 is 27.5 Å². The molecule has 0 fully saturated rings. The number of nitrogens with one attached hydrogen (secondary N) is 1. The summed E-state index contributed by atoms with van der Waals surface area (Å²) < 4.78 is 66.3. The van der Waals surface area contributed by atoms with Gasteiger partial charge in [-0.15, -0.1) is 13.2 Å². The van der Waals surface area contributed by atoms with Gasteiger partial charge in [-0.1, -0.05) is 29.8 Å². The Labute approximate surface area is 145 Å². The summed E-state index contributed by atoms with van der Waals surface area (Å²) in [4.78, 5) is 15.5. The maximum atomic E-state index is 12.1. The molecule has 12 heteroatoms. The second-order valence-corrected chi connectivity index (χ2v) is 6.66. The van der Waals surface area contributed by atoms with E-state index in [-0.39, 0.29) is 16.6 Å². The third-order valence-electron chi connectivity index (χ3n) is 2.87. The van der Waals surface area contributed by atoms with Crippen LogP contribution >= 0.6 is 11.6 Å². The Hall–Kier alpha value is -2.11. The molecule has 1 heterocycles. The van der Waals surface area contributed by atoms with Crippen LogP contribution in [0.4, 0.5) is 13.2 Å². The zero-order valence-electron chi connectivity index (χ0n) is 12.3. The van der Waals surface area contributed by atoms with Crippen LogP contribution in [0.15, 0.2) is 41.6 Å². The van der Waals surface area contributed by atoms with Crippen molar-refractivity contribution in [2.45, 2.75) is 17.8 Å². The van der Waals surface area contributed by atoms with E-state index in [1.165, 1.54) is 24.3 Å². The molecule has 0 aliphatic carbocycles. The van der Waals surface area contributed by atoms with Gasteiger partial charge in [0, 0.05) is 6.54 Å². The van der Waals surface area contributed by atoms with Crippen LogP contribution in [0.25, 0.3) is 0 Å². The summed E-state index contributed by atoms with van der Waals surface area (Å²) in [7, 11) is -4.13. The normalized spacial score (nSPS) is 12.2. The van der Waals surface area contributed by atoms with Gasteiger partial charge in [0.25, 0.3) is 15.9 Å². The lowest BCUT2D eigenvalue weighted by Crippen LogP contribution is -2.31. The molecule has 0 spiro atoms. The lowest BCUT2D eigenvalue weighted by molar-refractivity contribution is -0.325. The van der Waals surface area contributed by atoms with Gasteiger partial charge in [0.2, 0.25) is 0 Å². The molecule has 7 nitrogen and oxygen atoms in total. The highest BCUT2D eigenvalue weighted by atomic mass is 35.5. The molecular weight excluding hydrogens is 387 g/mol. The molecule has 0 radical (unpaired) electrons. The molecule has 0 unspecified atom stereocenters. The summed E-state index contributed by atoms with van der Waals surface area (Å²) in [5.74, 6) is -1.11. The monoisotopic (exact) mass is 397 g/mol. The fourth-order valence-corrected chi connectivity index (χ4v) is 3.00. The van der Waals surface area contributed by atoms with Crippen molar-refractivity contribution in [1.29, 1.82) is 0 Å². The number of benzene rings is 1. The van der Waals surface area contributed by atoms with Crippen molar-refractivity contribution in [3.05, 3.63) is 47.5 Å². The van der Waals surface area contributed by atoms with Crippen LogP contribution in [0.3, 0.4) is 0 Å². The summed E-state index contributed by atoms with van der Waals surface area (Å²) >= 11 is 5.85. The first kappa shape index (κ1) is 19.2. The average Bonchev–Trinajstić information content (AvgIpc) is 2.88. The number of imidazole rings is 1. The van der Waals surface area contributed by atoms with E-state index in [2.05, 4.69) is 9.72 Å². The molecule has 0 aliphatic rings. The lowest BCUT2D eigenvalue weighted by atomic mass is 10.4. The molecule has 25 heavy (non-hydrogen) atoms. The molecule has 0 bridgehead atoms. The maximum absolute atomic E-state index is 12.1. The lowest BCUT2D eigenvalue weighted by Gasteiger charge is -2.08. The number of rotatable bonds is 6. The Bertz CT molecular complexity index is 853. The van der Waals surface area contributed by atoms with Crippen molar-refractivity contribution in [2.75, 3.05) is 6.61 Å². The SMILES string of the molecule is O=C(NS(=O)(=O)c1ccccc1)c1ncn(CCOC(F)(F)F)c1Cl. The quantitative estimate of drug-likeness (QED) is 0.807. The minimum Gasteiger partial charge on any atom is -0.319 e. The summed E-state index contributed by atoms with van der Waals surface area (Å²) in [6.45, 7) is -1.08. The molecule has 1 aromatic heterocycles. The maximum Gasteiger partial charge on any atom is 0.522 e. The van der Waals surface area contributed by atoms with Crippen LogP contribution in [0.5, 0.6) is 0 Å². The van der Waals surface area contributed by atoms with Crippen molar-refractivity contribution in [3.8, 4) is 0 Å².